The van der Waals surface area contributed by atoms with E-state index in [-0.39, 0.29) is 18.4 Å². The first-order chi connectivity index (χ1) is 17.8. The topological polar surface area (TPSA) is 231 Å². The van der Waals surface area contributed by atoms with Gasteiger partial charge in [-0.2, -0.15) is 21.6 Å². The van der Waals surface area contributed by atoms with Gasteiger partial charge in [-0.1, -0.05) is 0 Å². The van der Waals surface area contributed by atoms with Gasteiger partial charge in [-0.3, -0.25) is 19.3 Å². The zero-order valence-electron chi connectivity index (χ0n) is 20.1. The minimum absolute atomic E-state index is 0.202. The number of hydrogen-bond donors (Lipinski definition) is 6. The third-order valence-electron chi connectivity index (χ3n) is 7.20. The summed E-state index contributed by atoms with van der Waals surface area (Å²) in [5, 5.41) is 43.9. The molecule has 39 heavy (non-hydrogen) atoms. The van der Waals surface area contributed by atoms with Gasteiger partial charge in [0.2, 0.25) is 5.78 Å². The Hall–Kier alpha value is -3.83. The molecule has 1 aromatic rings. The van der Waals surface area contributed by atoms with Gasteiger partial charge in [0.05, 0.1) is 11.6 Å². The highest BCUT2D eigenvalue weighted by molar-refractivity contribution is 7.88. The summed E-state index contributed by atoms with van der Waals surface area (Å²) in [5.41, 5.74) is -1.33. The van der Waals surface area contributed by atoms with Crippen LogP contribution < -0.4 is 15.7 Å². The van der Waals surface area contributed by atoms with Crippen LogP contribution in [0.4, 0.5) is 18.9 Å². The number of aliphatic hydroxyl groups excluding tert-OH is 2. The Morgan fingerprint density at radius 2 is 1.79 bits per heavy atom. The van der Waals surface area contributed by atoms with Gasteiger partial charge in [0.1, 0.15) is 22.8 Å². The highest BCUT2D eigenvalue weighted by Gasteiger charge is 2.63. The highest BCUT2D eigenvalue weighted by Crippen LogP contribution is 2.53. The Balaban J connectivity index is 1.90. The number of rotatable bonds is 4. The third-order valence-corrected chi connectivity index (χ3v) is 8.16. The van der Waals surface area contributed by atoms with Crippen LogP contribution >= 0.6 is 0 Å². The van der Waals surface area contributed by atoms with E-state index in [4.69, 9.17) is 11.5 Å². The third kappa shape index (κ3) is 3.82. The van der Waals surface area contributed by atoms with Crippen molar-refractivity contribution in [1.82, 2.24) is 4.90 Å². The van der Waals surface area contributed by atoms with Crippen LogP contribution in [0.3, 0.4) is 0 Å². The minimum Gasteiger partial charge on any atom is -0.510 e. The van der Waals surface area contributed by atoms with Gasteiger partial charge >= 0.3 is 15.6 Å². The summed E-state index contributed by atoms with van der Waals surface area (Å²) in [5.74, 6) is -10.6. The number of primary amides is 1. The number of aromatic hydroxyl groups is 1. The summed E-state index contributed by atoms with van der Waals surface area (Å²) in [6, 6.07) is -0.538. The van der Waals surface area contributed by atoms with Crippen LogP contribution in [-0.4, -0.2) is 82.5 Å². The number of Topliss-reactive ketones (excluding diaryl/α,β-unsaturated/α-hetero) is 2. The van der Waals surface area contributed by atoms with Crippen molar-refractivity contribution in [3.63, 3.8) is 0 Å². The smallest absolute Gasteiger partial charge is 0.510 e. The number of carbonyl (C=O) groups excluding carboxylic acids is 3. The fourth-order valence-electron chi connectivity index (χ4n) is 5.53. The van der Waals surface area contributed by atoms with E-state index in [1.165, 1.54) is 19.0 Å². The van der Waals surface area contributed by atoms with Gasteiger partial charge in [-0.05, 0) is 44.5 Å². The Kier molecular flexibility index (Phi) is 6.21. The average Bonchev–Trinajstić information content (AvgIpc) is 2.78. The molecule has 0 fully saturated rings. The van der Waals surface area contributed by atoms with Crippen molar-refractivity contribution < 1.29 is 60.6 Å². The van der Waals surface area contributed by atoms with E-state index in [0.717, 1.165) is 6.07 Å². The molecule has 0 saturated carbocycles. The molecule has 2 unspecified atom stereocenters. The van der Waals surface area contributed by atoms with Crippen LogP contribution in [0.1, 0.15) is 22.3 Å². The number of carbonyl (C=O) groups is 3. The maximum absolute atomic E-state index is 13.5. The van der Waals surface area contributed by atoms with E-state index < -0.39 is 102 Å². The monoisotopic (exact) mass is 577 g/mol. The predicted octanol–water partition coefficient (Wildman–Crippen LogP) is -0.0688. The van der Waals surface area contributed by atoms with Crippen molar-refractivity contribution in [1.29, 1.82) is 0 Å². The highest BCUT2D eigenvalue weighted by atomic mass is 32.2. The number of amides is 1. The molecule has 0 bridgehead atoms. The van der Waals surface area contributed by atoms with E-state index in [2.05, 4.69) is 4.18 Å². The van der Waals surface area contributed by atoms with Gasteiger partial charge in [0.15, 0.2) is 22.9 Å². The standard InChI is InChI=1S/C22H22F3N3O10S/c1-28(2)14-8-4-6-3-7-5-9(38-39(36,37)22(23,24)25)13(26)16(30)10(7)15(29)11(6)18(32)21(8,35)19(33)12(17(14)31)20(27)34/h5-6,8,14,30-32,35H,3-4,26H2,1-2H3,(H2,27,34)/t6?,8?,14-,21-/m0/s1. The molecule has 0 aromatic heterocycles. The molecule has 3 aliphatic carbocycles. The molecule has 0 heterocycles. The number of nitrogens with two attached hydrogens (primary N) is 2. The lowest BCUT2D eigenvalue weighted by molar-refractivity contribution is -0.148. The van der Waals surface area contributed by atoms with Crippen molar-refractivity contribution >= 4 is 33.3 Å². The van der Waals surface area contributed by atoms with E-state index in [0.29, 0.717) is 0 Å². The van der Waals surface area contributed by atoms with Gasteiger partial charge < -0.3 is 36.1 Å². The number of allylic oxidation sites excluding steroid dienone is 1. The Labute approximate surface area is 217 Å². The van der Waals surface area contributed by atoms with Gasteiger partial charge in [0.25, 0.3) is 5.91 Å². The normalized spacial score (nSPS) is 27.3. The molecule has 212 valence electrons. The number of phenolic OH excluding ortho intramolecular Hbond substituents is 1. The number of ketones is 2. The molecule has 0 radical (unpaired) electrons. The molecule has 8 N–H and O–H groups in total. The second-order valence-electron chi connectivity index (χ2n) is 9.62. The lowest BCUT2D eigenvalue weighted by Gasteiger charge is -2.50. The fourth-order valence-corrected chi connectivity index (χ4v) is 6.00. The number of fused-ring (bicyclic) bond motifs is 3. The molecular weight excluding hydrogens is 555 g/mol. The van der Waals surface area contributed by atoms with Crippen LogP contribution in [0.25, 0.3) is 0 Å². The summed E-state index contributed by atoms with van der Waals surface area (Å²) >= 11 is 0. The van der Waals surface area contributed by atoms with Crippen molar-refractivity contribution in [2.75, 3.05) is 19.8 Å². The van der Waals surface area contributed by atoms with Crippen molar-refractivity contribution in [2.45, 2.75) is 30.0 Å². The van der Waals surface area contributed by atoms with Crippen LogP contribution in [0.15, 0.2) is 28.7 Å². The first-order valence-electron chi connectivity index (χ1n) is 11.1. The molecule has 4 atom stereocenters. The quantitative estimate of drug-likeness (QED) is 0.0908. The van der Waals surface area contributed by atoms with Gasteiger partial charge in [-0.25, -0.2) is 0 Å². The number of likely N-dealkylation sites (N-methyl/N-ethyl adjacent to an activating group) is 1. The molecule has 0 aliphatic heterocycles. The van der Waals surface area contributed by atoms with E-state index in [1.807, 2.05) is 0 Å². The molecular formula is C22H22F3N3O10S. The second-order valence-corrected chi connectivity index (χ2v) is 11.2. The number of anilines is 1. The fraction of sp³-hybridized carbons (Fsp3) is 0.409. The molecule has 3 aliphatic rings. The number of phenols is 1. The van der Waals surface area contributed by atoms with Crippen molar-refractivity contribution in [3.05, 3.63) is 39.9 Å². The molecule has 17 heteroatoms. The first kappa shape index (κ1) is 28.2. The van der Waals surface area contributed by atoms with Crippen LogP contribution in [-0.2, 0) is 26.1 Å². The summed E-state index contributed by atoms with van der Waals surface area (Å²) in [4.78, 5) is 39.9. The van der Waals surface area contributed by atoms with Crippen molar-refractivity contribution in [3.8, 4) is 11.5 Å². The zero-order valence-corrected chi connectivity index (χ0v) is 20.9. The van der Waals surface area contributed by atoms with Crippen LogP contribution in [0.2, 0.25) is 0 Å². The number of benzene rings is 1. The summed E-state index contributed by atoms with van der Waals surface area (Å²) in [7, 11) is -3.34. The number of halogens is 3. The van der Waals surface area contributed by atoms with Crippen LogP contribution in [0, 0.1) is 11.8 Å². The SMILES string of the molecule is CN(C)[C@@H]1C(O)=C(C(N)=O)C(=O)[C@@]2(O)C(O)=C3C(=O)c4c(cc(OS(=O)(=O)C(F)(F)F)c(N)c4O)CC3CC12. The number of nitrogens with zero attached hydrogens (tertiary/aromatic N) is 1. The molecule has 13 nitrogen and oxygen atoms in total. The van der Waals surface area contributed by atoms with Crippen molar-refractivity contribution in [2.24, 2.45) is 17.6 Å². The predicted molar refractivity (Wildman–Crippen MR) is 124 cm³/mol. The second kappa shape index (κ2) is 8.59. The van der Waals surface area contributed by atoms with Crippen LogP contribution in [0.5, 0.6) is 11.5 Å². The minimum atomic E-state index is -6.20. The molecule has 0 spiro atoms. The Morgan fingerprint density at radius 3 is 2.31 bits per heavy atom. The lowest BCUT2D eigenvalue weighted by Crippen LogP contribution is -2.63. The molecule has 1 aromatic carbocycles. The number of hydrogen-bond acceptors (Lipinski definition) is 12. The molecule has 0 saturated heterocycles. The van der Waals surface area contributed by atoms with E-state index in [9.17, 15) is 56.4 Å². The maximum Gasteiger partial charge on any atom is 0.534 e. The first-order valence-corrected chi connectivity index (χ1v) is 12.5. The molecule has 1 amide bonds. The summed E-state index contributed by atoms with van der Waals surface area (Å²) in [6.45, 7) is 0. The summed E-state index contributed by atoms with van der Waals surface area (Å²) in [6.07, 6.45) is -0.626. The van der Waals surface area contributed by atoms with Gasteiger partial charge in [0, 0.05) is 11.5 Å². The Morgan fingerprint density at radius 1 is 1.21 bits per heavy atom. The van der Waals surface area contributed by atoms with Gasteiger partial charge in [-0.15, -0.1) is 0 Å². The largest absolute Gasteiger partial charge is 0.534 e. The zero-order chi connectivity index (χ0) is 29.6. The van der Waals surface area contributed by atoms with E-state index >= 15 is 0 Å². The maximum atomic E-state index is 13.5. The Bertz CT molecular complexity index is 1520. The number of alkyl halides is 3. The lowest BCUT2D eigenvalue weighted by atomic mass is 9.58. The number of nitrogen functional groups attached to an aromatic ring is 1. The average molecular weight is 577 g/mol. The van der Waals surface area contributed by atoms with E-state index in [1.54, 1.807) is 0 Å². The molecule has 4 rings (SSSR count). The number of aliphatic hydroxyl groups is 3. The summed E-state index contributed by atoms with van der Waals surface area (Å²) < 4.78 is 65.6.